The van der Waals surface area contributed by atoms with Gasteiger partial charge in [0.25, 0.3) is 5.91 Å². The molecule has 2 aromatic rings. The molecule has 23 heavy (non-hydrogen) atoms. The maximum Gasteiger partial charge on any atom is 0.251 e. The standard InChI is InChI=1S/C17H20N4O2/c18-12-17(6-1-2-7-17)21-16(22)13-4-3-5-14(10-13)23-15-11-19-8-9-20-15/h3-5,8-11H,1-2,6-7,12,18H2,(H,21,22). The summed E-state index contributed by atoms with van der Waals surface area (Å²) in [6.07, 6.45) is 8.73. The van der Waals surface area contributed by atoms with E-state index in [0.29, 0.717) is 23.7 Å². The van der Waals surface area contributed by atoms with Crippen molar-refractivity contribution in [1.82, 2.24) is 15.3 Å². The van der Waals surface area contributed by atoms with Crippen molar-refractivity contribution in [1.29, 1.82) is 0 Å². The number of nitrogens with one attached hydrogen (secondary N) is 1. The predicted octanol–water partition coefficient (Wildman–Crippen LogP) is 2.27. The first-order valence-electron chi connectivity index (χ1n) is 7.77. The summed E-state index contributed by atoms with van der Waals surface area (Å²) in [5.74, 6) is 0.813. The summed E-state index contributed by atoms with van der Waals surface area (Å²) < 4.78 is 5.61. The van der Waals surface area contributed by atoms with Crippen molar-refractivity contribution >= 4 is 5.91 Å². The van der Waals surface area contributed by atoms with Gasteiger partial charge in [-0.1, -0.05) is 18.9 Å². The summed E-state index contributed by atoms with van der Waals surface area (Å²) in [4.78, 5) is 20.5. The highest BCUT2D eigenvalue weighted by atomic mass is 16.5. The average Bonchev–Trinajstić information content (AvgIpc) is 3.05. The van der Waals surface area contributed by atoms with Crippen LogP contribution >= 0.6 is 0 Å². The maximum atomic E-state index is 12.5. The number of rotatable bonds is 5. The molecule has 1 amide bonds. The molecule has 1 fully saturated rings. The second kappa shape index (κ2) is 6.75. The summed E-state index contributed by atoms with van der Waals surface area (Å²) in [6.45, 7) is 0.467. The average molecular weight is 312 g/mol. The molecule has 0 unspecified atom stereocenters. The van der Waals surface area contributed by atoms with Crippen LogP contribution in [0.5, 0.6) is 11.6 Å². The summed E-state index contributed by atoms with van der Waals surface area (Å²) in [5, 5.41) is 3.10. The normalized spacial score (nSPS) is 16.0. The molecule has 0 bridgehead atoms. The highest BCUT2D eigenvalue weighted by Gasteiger charge is 2.34. The van der Waals surface area contributed by atoms with Crippen LogP contribution < -0.4 is 15.8 Å². The van der Waals surface area contributed by atoms with Gasteiger partial charge in [0.1, 0.15) is 5.75 Å². The van der Waals surface area contributed by atoms with Crippen LogP contribution in [0.1, 0.15) is 36.0 Å². The van der Waals surface area contributed by atoms with E-state index < -0.39 is 0 Å². The topological polar surface area (TPSA) is 90.1 Å². The molecule has 0 saturated heterocycles. The number of hydrogen-bond acceptors (Lipinski definition) is 5. The third-order valence-corrected chi connectivity index (χ3v) is 4.19. The number of hydrogen-bond donors (Lipinski definition) is 2. The van der Waals surface area contributed by atoms with E-state index in [1.54, 1.807) is 36.7 Å². The first-order valence-corrected chi connectivity index (χ1v) is 7.77. The van der Waals surface area contributed by atoms with Gasteiger partial charge in [0.15, 0.2) is 0 Å². The molecule has 0 atom stereocenters. The Bertz CT molecular complexity index is 669. The van der Waals surface area contributed by atoms with E-state index >= 15 is 0 Å². The van der Waals surface area contributed by atoms with Gasteiger partial charge in [0.05, 0.1) is 11.7 Å². The summed E-state index contributed by atoms with van der Waals surface area (Å²) in [7, 11) is 0. The Balaban J connectivity index is 1.73. The molecule has 1 aliphatic carbocycles. The molecule has 0 radical (unpaired) electrons. The van der Waals surface area contributed by atoms with Crippen LogP contribution in [0.3, 0.4) is 0 Å². The number of nitrogens with two attached hydrogens (primary N) is 1. The summed E-state index contributed by atoms with van der Waals surface area (Å²) >= 11 is 0. The van der Waals surface area contributed by atoms with Crippen LogP contribution in [0.15, 0.2) is 42.9 Å². The van der Waals surface area contributed by atoms with Crippen LogP contribution in [-0.2, 0) is 0 Å². The van der Waals surface area contributed by atoms with E-state index in [2.05, 4.69) is 15.3 Å². The van der Waals surface area contributed by atoms with E-state index in [0.717, 1.165) is 25.7 Å². The van der Waals surface area contributed by atoms with Crippen molar-refractivity contribution in [3.8, 4) is 11.6 Å². The smallest absolute Gasteiger partial charge is 0.251 e. The quantitative estimate of drug-likeness (QED) is 0.884. The minimum Gasteiger partial charge on any atom is -0.437 e. The molecule has 3 rings (SSSR count). The first kappa shape index (κ1) is 15.4. The Kier molecular flexibility index (Phi) is 4.52. The van der Waals surface area contributed by atoms with Gasteiger partial charge in [-0.05, 0) is 31.0 Å². The molecule has 1 aliphatic rings. The van der Waals surface area contributed by atoms with E-state index in [1.165, 1.54) is 6.20 Å². The van der Waals surface area contributed by atoms with Crippen molar-refractivity contribution in [2.75, 3.05) is 6.54 Å². The highest BCUT2D eigenvalue weighted by Crippen LogP contribution is 2.29. The monoisotopic (exact) mass is 312 g/mol. The van der Waals surface area contributed by atoms with Crippen molar-refractivity contribution in [2.24, 2.45) is 5.73 Å². The second-order valence-corrected chi connectivity index (χ2v) is 5.82. The summed E-state index contributed by atoms with van der Waals surface area (Å²) in [6, 6.07) is 7.02. The zero-order valence-electron chi connectivity index (χ0n) is 12.9. The maximum absolute atomic E-state index is 12.5. The minimum atomic E-state index is -0.265. The number of ether oxygens (including phenoxy) is 1. The van der Waals surface area contributed by atoms with Gasteiger partial charge in [-0.3, -0.25) is 9.78 Å². The number of carbonyl (C=O) groups excluding carboxylic acids is 1. The first-order chi connectivity index (χ1) is 11.2. The van der Waals surface area contributed by atoms with Crippen LogP contribution in [0.2, 0.25) is 0 Å². The minimum absolute atomic E-state index is 0.123. The molecule has 1 aromatic carbocycles. The Labute approximate surface area is 135 Å². The lowest BCUT2D eigenvalue weighted by Crippen LogP contribution is -2.51. The van der Waals surface area contributed by atoms with Gasteiger partial charge in [0.2, 0.25) is 5.88 Å². The Morgan fingerprint density at radius 3 is 2.83 bits per heavy atom. The molecule has 1 aromatic heterocycles. The van der Waals surface area contributed by atoms with Crippen LogP contribution in [0.4, 0.5) is 0 Å². The van der Waals surface area contributed by atoms with E-state index in [4.69, 9.17) is 10.5 Å². The number of amides is 1. The fraction of sp³-hybridized carbons (Fsp3) is 0.353. The lowest BCUT2D eigenvalue weighted by molar-refractivity contribution is 0.0903. The van der Waals surface area contributed by atoms with E-state index in [9.17, 15) is 4.79 Å². The van der Waals surface area contributed by atoms with Crippen molar-refractivity contribution < 1.29 is 9.53 Å². The summed E-state index contributed by atoms with van der Waals surface area (Å²) in [5.41, 5.74) is 6.15. The Hall–Kier alpha value is -2.47. The van der Waals surface area contributed by atoms with Gasteiger partial charge in [0, 0.05) is 24.5 Å². The molecule has 0 spiro atoms. The van der Waals surface area contributed by atoms with E-state index in [1.807, 2.05) is 0 Å². The molecule has 6 heteroatoms. The van der Waals surface area contributed by atoms with Gasteiger partial charge < -0.3 is 15.8 Å². The van der Waals surface area contributed by atoms with E-state index in [-0.39, 0.29) is 11.4 Å². The highest BCUT2D eigenvalue weighted by molar-refractivity contribution is 5.95. The van der Waals surface area contributed by atoms with Gasteiger partial charge >= 0.3 is 0 Å². The number of aromatic nitrogens is 2. The van der Waals surface area contributed by atoms with Crippen molar-refractivity contribution in [3.63, 3.8) is 0 Å². The lowest BCUT2D eigenvalue weighted by Gasteiger charge is -2.28. The Morgan fingerprint density at radius 2 is 2.13 bits per heavy atom. The largest absolute Gasteiger partial charge is 0.437 e. The number of nitrogens with zero attached hydrogens (tertiary/aromatic N) is 2. The molecule has 120 valence electrons. The van der Waals surface area contributed by atoms with Gasteiger partial charge in [-0.15, -0.1) is 0 Å². The molecule has 6 nitrogen and oxygen atoms in total. The fourth-order valence-corrected chi connectivity index (χ4v) is 2.90. The zero-order chi connectivity index (χ0) is 16.1. The van der Waals surface area contributed by atoms with Crippen LogP contribution in [0.25, 0.3) is 0 Å². The molecular weight excluding hydrogens is 292 g/mol. The lowest BCUT2D eigenvalue weighted by atomic mass is 9.97. The molecule has 1 heterocycles. The zero-order valence-corrected chi connectivity index (χ0v) is 12.9. The Morgan fingerprint density at radius 1 is 1.30 bits per heavy atom. The molecule has 0 aliphatic heterocycles. The van der Waals surface area contributed by atoms with Gasteiger partial charge in [-0.2, -0.15) is 0 Å². The van der Waals surface area contributed by atoms with Crippen molar-refractivity contribution in [3.05, 3.63) is 48.4 Å². The van der Waals surface area contributed by atoms with Crippen molar-refractivity contribution in [2.45, 2.75) is 31.2 Å². The predicted molar refractivity (Wildman–Crippen MR) is 86.3 cm³/mol. The van der Waals surface area contributed by atoms with Crippen LogP contribution in [-0.4, -0.2) is 28.0 Å². The second-order valence-electron chi connectivity index (χ2n) is 5.82. The fourth-order valence-electron chi connectivity index (χ4n) is 2.90. The molecule has 1 saturated carbocycles. The molecule has 3 N–H and O–H groups in total. The third kappa shape index (κ3) is 3.65. The number of carbonyl (C=O) groups is 1. The van der Waals surface area contributed by atoms with Gasteiger partial charge in [-0.25, -0.2) is 4.98 Å². The molecular formula is C17H20N4O2. The SMILES string of the molecule is NCC1(NC(=O)c2cccc(Oc3cnccn3)c2)CCCC1. The number of benzene rings is 1. The van der Waals surface area contributed by atoms with Crippen LogP contribution in [0, 0.1) is 0 Å². The third-order valence-electron chi connectivity index (χ3n) is 4.19.